The number of fused-ring (bicyclic) bond motifs is 1. The molecule has 1 aliphatic heterocycles. The molecule has 26 heavy (non-hydrogen) atoms. The molecular formula is C19H26N4O3. The van der Waals surface area contributed by atoms with E-state index in [0.717, 1.165) is 50.2 Å². The van der Waals surface area contributed by atoms with E-state index in [1.165, 1.54) is 0 Å². The van der Waals surface area contributed by atoms with Crippen molar-refractivity contribution >= 4 is 16.9 Å². The Morgan fingerprint density at radius 1 is 1.27 bits per heavy atom. The van der Waals surface area contributed by atoms with Gasteiger partial charge in [0.25, 0.3) is 0 Å². The lowest BCUT2D eigenvalue weighted by atomic mass is 10.1. The van der Waals surface area contributed by atoms with Gasteiger partial charge in [0.1, 0.15) is 0 Å². The Hall–Kier alpha value is -1.96. The number of carbonyl (C=O) groups is 1. The second-order valence-corrected chi connectivity index (χ2v) is 7.13. The molecule has 1 saturated carbocycles. The Kier molecular flexibility index (Phi) is 5.19. The second kappa shape index (κ2) is 7.73. The van der Waals surface area contributed by atoms with Crippen molar-refractivity contribution in [3.63, 3.8) is 0 Å². The Morgan fingerprint density at radius 3 is 2.92 bits per heavy atom. The fraction of sp³-hybridized carbons (Fsp3) is 0.579. The Balaban J connectivity index is 1.29. The molecule has 1 aromatic heterocycles. The van der Waals surface area contributed by atoms with Crippen LogP contribution >= 0.6 is 0 Å². The van der Waals surface area contributed by atoms with E-state index in [9.17, 15) is 9.90 Å². The smallest absolute Gasteiger partial charge is 0.222 e. The zero-order chi connectivity index (χ0) is 17.9. The number of ether oxygens (including phenoxy) is 1. The first-order chi connectivity index (χ1) is 12.7. The number of aliphatic hydroxyl groups is 1. The predicted octanol–water partition coefficient (Wildman–Crippen LogP) is 0.767. The van der Waals surface area contributed by atoms with E-state index >= 15 is 0 Å². The van der Waals surface area contributed by atoms with Gasteiger partial charge in [0.2, 0.25) is 5.91 Å². The molecular weight excluding hydrogens is 332 g/mol. The highest BCUT2D eigenvalue weighted by molar-refractivity contribution is 5.77. The van der Waals surface area contributed by atoms with E-state index in [1.807, 2.05) is 28.8 Å². The van der Waals surface area contributed by atoms with Gasteiger partial charge in [0.15, 0.2) is 0 Å². The number of benzene rings is 1. The number of aliphatic hydroxyl groups excluding tert-OH is 1. The third kappa shape index (κ3) is 3.60. The molecule has 7 heteroatoms. The summed E-state index contributed by atoms with van der Waals surface area (Å²) in [6.45, 7) is 3.74. The van der Waals surface area contributed by atoms with Crippen molar-refractivity contribution in [2.45, 2.75) is 44.0 Å². The molecule has 2 aromatic rings. The molecule has 1 aliphatic carbocycles. The van der Waals surface area contributed by atoms with Gasteiger partial charge in [-0.25, -0.2) is 4.98 Å². The van der Waals surface area contributed by atoms with E-state index in [4.69, 9.17) is 4.74 Å². The van der Waals surface area contributed by atoms with Crippen LogP contribution < -0.4 is 5.32 Å². The quantitative estimate of drug-likeness (QED) is 0.825. The zero-order valence-electron chi connectivity index (χ0n) is 14.9. The number of aryl methyl sites for hydroxylation is 1. The first-order valence-corrected chi connectivity index (χ1v) is 9.41. The van der Waals surface area contributed by atoms with E-state index < -0.39 is 6.10 Å². The molecule has 2 fully saturated rings. The Morgan fingerprint density at radius 2 is 2.08 bits per heavy atom. The standard InChI is InChI=1S/C19H26N4O3/c24-18(7-8-23-13-20-14-3-1-2-4-16(14)23)21-15-5-6-17(19(15)25)22-9-11-26-12-10-22/h1-4,13,15,17,19,25H,5-12H2,(H,21,24)/t15-,17-,19-/m1/s1. The van der Waals surface area contributed by atoms with Crippen LogP contribution in [0, 0.1) is 0 Å². The van der Waals surface area contributed by atoms with Crippen LogP contribution in [-0.4, -0.2) is 70.0 Å². The molecule has 0 spiro atoms. The molecule has 0 bridgehead atoms. The largest absolute Gasteiger partial charge is 0.389 e. The summed E-state index contributed by atoms with van der Waals surface area (Å²) in [5.74, 6) is -0.0190. The van der Waals surface area contributed by atoms with Gasteiger partial charge in [-0.05, 0) is 25.0 Å². The molecule has 2 heterocycles. The van der Waals surface area contributed by atoms with Crippen molar-refractivity contribution in [3.8, 4) is 0 Å². The van der Waals surface area contributed by atoms with Gasteiger partial charge >= 0.3 is 0 Å². The topological polar surface area (TPSA) is 79.6 Å². The summed E-state index contributed by atoms with van der Waals surface area (Å²) in [7, 11) is 0. The molecule has 140 valence electrons. The van der Waals surface area contributed by atoms with Crippen LogP contribution in [0.2, 0.25) is 0 Å². The van der Waals surface area contributed by atoms with Crippen molar-refractivity contribution in [3.05, 3.63) is 30.6 Å². The van der Waals surface area contributed by atoms with Crippen molar-refractivity contribution in [2.24, 2.45) is 0 Å². The van der Waals surface area contributed by atoms with E-state index in [0.29, 0.717) is 13.0 Å². The lowest BCUT2D eigenvalue weighted by Crippen LogP contribution is -2.51. The van der Waals surface area contributed by atoms with Crippen LogP contribution in [0.4, 0.5) is 0 Å². The third-order valence-electron chi connectivity index (χ3n) is 5.55. The van der Waals surface area contributed by atoms with Crippen LogP contribution in [0.5, 0.6) is 0 Å². The van der Waals surface area contributed by atoms with Crippen LogP contribution in [0.25, 0.3) is 11.0 Å². The van der Waals surface area contributed by atoms with Crippen LogP contribution in [0.1, 0.15) is 19.3 Å². The van der Waals surface area contributed by atoms with Crippen molar-refractivity contribution in [2.75, 3.05) is 26.3 Å². The van der Waals surface area contributed by atoms with Crippen molar-refractivity contribution < 1.29 is 14.6 Å². The number of nitrogens with one attached hydrogen (secondary N) is 1. The molecule has 1 saturated heterocycles. The lowest BCUT2D eigenvalue weighted by Gasteiger charge is -2.34. The maximum atomic E-state index is 12.4. The molecule has 1 aromatic carbocycles. The number of hydrogen-bond donors (Lipinski definition) is 2. The average Bonchev–Trinajstić information content (AvgIpc) is 3.25. The number of aromatic nitrogens is 2. The van der Waals surface area contributed by atoms with E-state index in [2.05, 4.69) is 15.2 Å². The summed E-state index contributed by atoms with van der Waals surface area (Å²) >= 11 is 0. The highest BCUT2D eigenvalue weighted by Crippen LogP contribution is 2.25. The van der Waals surface area contributed by atoms with Crippen LogP contribution in [-0.2, 0) is 16.1 Å². The summed E-state index contributed by atoms with van der Waals surface area (Å²) in [6, 6.07) is 7.87. The first-order valence-electron chi connectivity index (χ1n) is 9.41. The Bertz CT molecular complexity index is 756. The van der Waals surface area contributed by atoms with Crippen LogP contribution in [0.15, 0.2) is 30.6 Å². The average molecular weight is 358 g/mol. The number of amides is 1. The number of morpholine rings is 1. The SMILES string of the molecule is O=C(CCn1cnc2ccccc21)N[C@@H]1CC[C@@H](N2CCOCC2)[C@@H]1O. The minimum absolute atomic E-state index is 0.0190. The number of para-hydroxylation sites is 2. The maximum absolute atomic E-state index is 12.4. The number of imidazole rings is 1. The van der Waals surface area contributed by atoms with E-state index in [1.54, 1.807) is 6.33 Å². The summed E-state index contributed by atoms with van der Waals surface area (Å²) in [5.41, 5.74) is 1.97. The fourth-order valence-electron chi connectivity index (χ4n) is 4.11. The van der Waals surface area contributed by atoms with Crippen molar-refractivity contribution in [1.82, 2.24) is 19.8 Å². The lowest BCUT2D eigenvalue weighted by molar-refractivity contribution is -0.122. The number of carbonyl (C=O) groups excluding carboxylic acids is 1. The summed E-state index contributed by atoms with van der Waals surface area (Å²) in [5, 5.41) is 13.7. The van der Waals surface area contributed by atoms with Gasteiger partial charge in [0, 0.05) is 32.1 Å². The van der Waals surface area contributed by atoms with Gasteiger partial charge in [0.05, 0.1) is 42.7 Å². The Labute approximate surface area is 152 Å². The molecule has 2 N–H and O–H groups in total. The van der Waals surface area contributed by atoms with Gasteiger partial charge in [-0.1, -0.05) is 12.1 Å². The predicted molar refractivity (Wildman–Crippen MR) is 97.7 cm³/mol. The van der Waals surface area contributed by atoms with Crippen molar-refractivity contribution in [1.29, 1.82) is 0 Å². The van der Waals surface area contributed by atoms with Gasteiger partial charge in [-0.15, -0.1) is 0 Å². The highest BCUT2D eigenvalue weighted by atomic mass is 16.5. The maximum Gasteiger partial charge on any atom is 0.222 e. The third-order valence-corrected chi connectivity index (χ3v) is 5.55. The summed E-state index contributed by atoms with van der Waals surface area (Å²) < 4.78 is 7.38. The van der Waals surface area contributed by atoms with E-state index in [-0.39, 0.29) is 18.0 Å². The minimum Gasteiger partial charge on any atom is -0.389 e. The van der Waals surface area contributed by atoms with Gasteiger partial charge in [-0.3, -0.25) is 9.69 Å². The normalized spacial score (nSPS) is 27.0. The van der Waals surface area contributed by atoms with Crippen LogP contribution in [0.3, 0.4) is 0 Å². The number of hydrogen-bond acceptors (Lipinski definition) is 5. The van der Waals surface area contributed by atoms with Gasteiger partial charge in [-0.2, -0.15) is 0 Å². The fourth-order valence-corrected chi connectivity index (χ4v) is 4.11. The molecule has 0 unspecified atom stereocenters. The molecule has 3 atom stereocenters. The molecule has 0 radical (unpaired) electrons. The molecule has 1 amide bonds. The van der Waals surface area contributed by atoms with Gasteiger partial charge < -0.3 is 19.7 Å². The monoisotopic (exact) mass is 358 g/mol. The molecule has 7 nitrogen and oxygen atoms in total. The summed E-state index contributed by atoms with van der Waals surface area (Å²) in [4.78, 5) is 19.0. The summed E-state index contributed by atoms with van der Waals surface area (Å²) in [6.07, 6.45) is 3.38. The second-order valence-electron chi connectivity index (χ2n) is 7.13. The molecule has 4 rings (SSSR count). The number of rotatable bonds is 5. The first kappa shape index (κ1) is 17.5. The number of nitrogens with zero attached hydrogens (tertiary/aromatic N) is 3. The highest BCUT2D eigenvalue weighted by Gasteiger charge is 2.39. The zero-order valence-corrected chi connectivity index (χ0v) is 14.9. The molecule has 2 aliphatic rings. The minimum atomic E-state index is -0.508.